The molecule has 1 aliphatic rings. The highest BCUT2D eigenvalue weighted by molar-refractivity contribution is 7.17. The second-order valence-electron chi connectivity index (χ2n) is 7.94. The fourth-order valence-electron chi connectivity index (χ4n) is 4.24. The Morgan fingerprint density at radius 2 is 1.88 bits per heavy atom. The van der Waals surface area contributed by atoms with Crippen LogP contribution in [0.1, 0.15) is 17.0 Å². The van der Waals surface area contributed by atoms with Gasteiger partial charge in [0.15, 0.2) is 0 Å². The first-order chi connectivity index (χ1) is 15.5. The van der Waals surface area contributed by atoms with E-state index < -0.39 is 0 Å². The maximum absolute atomic E-state index is 13.5. The number of amides is 1. The number of aromatic nitrogens is 2. The summed E-state index contributed by atoms with van der Waals surface area (Å²) in [5.41, 5.74) is 4.04. The summed E-state index contributed by atoms with van der Waals surface area (Å²) in [6, 6.07) is 15.8. The molecule has 0 spiro atoms. The maximum atomic E-state index is 13.5. The molecule has 0 N–H and O–H groups in total. The minimum atomic E-state index is -0.176. The zero-order valence-electron chi connectivity index (χ0n) is 18.0. The summed E-state index contributed by atoms with van der Waals surface area (Å²) in [5.74, 6) is 1.25. The van der Waals surface area contributed by atoms with E-state index in [0.29, 0.717) is 29.1 Å². The molecule has 32 heavy (non-hydrogen) atoms. The van der Waals surface area contributed by atoms with E-state index in [0.717, 1.165) is 23.3 Å². The van der Waals surface area contributed by atoms with Crippen LogP contribution in [-0.2, 0) is 24.3 Å². The number of nitrogens with zero attached hydrogens (tertiary/aromatic N) is 3. The molecule has 4 aromatic rings. The van der Waals surface area contributed by atoms with E-state index in [1.165, 1.54) is 27.0 Å². The Labute approximate surface area is 189 Å². The van der Waals surface area contributed by atoms with Crippen LogP contribution in [-0.4, -0.2) is 34.0 Å². The van der Waals surface area contributed by atoms with E-state index in [1.807, 2.05) is 46.7 Å². The molecule has 0 saturated heterocycles. The molecular formula is C25H23N3O3S. The molecule has 7 heteroatoms. The lowest BCUT2D eigenvalue weighted by molar-refractivity contribution is -0.132. The number of methoxy groups -OCH3 is 1. The highest BCUT2D eigenvalue weighted by Gasteiger charge is 2.23. The Balaban J connectivity index is 1.48. The lowest BCUT2D eigenvalue weighted by Crippen LogP contribution is -2.40. The van der Waals surface area contributed by atoms with Gasteiger partial charge in [-0.1, -0.05) is 36.4 Å². The average Bonchev–Trinajstić information content (AvgIpc) is 3.25. The van der Waals surface area contributed by atoms with Crippen LogP contribution in [0.15, 0.2) is 58.7 Å². The first-order valence-corrected chi connectivity index (χ1v) is 11.4. The topological polar surface area (TPSA) is 64.4 Å². The van der Waals surface area contributed by atoms with Crippen LogP contribution in [0.4, 0.5) is 0 Å². The third-order valence-corrected chi connectivity index (χ3v) is 6.93. The second-order valence-corrected chi connectivity index (χ2v) is 8.80. The maximum Gasteiger partial charge on any atom is 0.263 e. The van der Waals surface area contributed by atoms with Gasteiger partial charge in [0.05, 0.1) is 12.5 Å². The van der Waals surface area contributed by atoms with Crippen LogP contribution < -0.4 is 10.3 Å². The van der Waals surface area contributed by atoms with Crippen molar-refractivity contribution in [1.82, 2.24) is 14.5 Å². The molecule has 0 saturated carbocycles. The number of fused-ring (bicyclic) bond motifs is 2. The van der Waals surface area contributed by atoms with Gasteiger partial charge in [-0.3, -0.25) is 14.2 Å². The molecule has 0 bridgehead atoms. The van der Waals surface area contributed by atoms with Gasteiger partial charge in [-0.2, -0.15) is 0 Å². The predicted molar refractivity (Wildman–Crippen MR) is 126 cm³/mol. The molecule has 2 aromatic heterocycles. The fourth-order valence-corrected chi connectivity index (χ4v) is 5.22. The zero-order valence-corrected chi connectivity index (χ0v) is 18.8. The molecule has 6 nitrogen and oxygen atoms in total. The molecule has 5 rings (SSSR count). The minimum absolute atomic E-state index is 0.00628. The van der Waals surface area contributed by atoms with E-state index in [2.05, 4.69) is 17.1 Å². The van der Waals surface area contributed by atoms with E-state index >= 15 is 0 Å². The SMILES string of the molecule is COc1ccc(-c2csc3nc(C)n(CC(=O)N4CCc5ccccc5C4)c(=O)c23)cc1. The summed E-state index contributed by atoms with van der Waals surface area (Å²) < 4.78 is 6.74. The minimum Gasteiger partial charge on any atom is -0.497 e. The van der Waals surface area contributed by atoms with Crippen molar-refractivity contribution in [2.75, 3.05) is 13.7 Å². The van der Waals surface area contributed by atoms with Crippen molar-refractivity contribution in [3.05, 3.63) is 81.2 Å². The van der Waals surface area contributed by atoms with Crippen LogP contribution in [0.2, 0.25) is 0 Å². The van der Waals surface area contributed by atoms with Crippen LogP contribution in [0, 0.1) is 6.92 Å². The number of ether oxygens (including phenoxy) is 1. The van der Waals surface area contributed by atoms with Gasteiger partial charge in [-0.25, -0.2) is 4.98 Å². The Hall–Kier alpha value is -3.45. The van der Waals surface area contributed by atoms with Crippen molar-refractivity contribution in [1.29, 1.82) is 0 Å². The van der Waals surface area contributed by atoms with Crippen molar-refractivity contribution in [2.24, 2.45) is 0 Å². The number of carbonyl (C=O) groups is 1. The van der Waals surface area contributed by atoms with Gasteiger partial charge in [0.2, 0.25) is 5.91 Å². The first kappa shape index (κ1) is 20.5. The summed E-state index contributed by atoms with van der Waals surface area (Å²) in [6.07, 6.45) is 0.833. The van der Waals surface area contributed by atoms with E-state index in [1.54, 1.807) is 14.0 Å². The molecule has 0 radical (unpaired) electrons. The average molecular weight is 446 g/mol. The lowest BCUT2D eigenvalue weighted by Gasteiger charge is -2.29. The van der Waals surface area contributed by atoms with E-state index in [-0.39, 0.29) is 18.0 Å². The number of aryl methyl sites for hydroxylation is 1. The Kier molecular flexibility index (Phi) is 5.27. The second kappa shape index (κ2) is 8.24. The highest BCUT2D eigenvalue weighted by Crippen LogP contribution is 2.32. The molecule has 2 aromatic carbocycles. The number of hydrogen-bond acceptors (Lipinski definition) is 5. The third kappa shape index (κ3) is 3.58. The molecule has 0 aliphatic carbocycles. The molecular weight excluding hydrogens is 422 g/mol. The van der Waals surface area contributed by atoms with Crippen LogP contribution in [0.5, 0.6) is 5.75 Å². The monoisotopic (exact) mass is 445 g/mol. The smallest absolute Gasteiger partial charge is 0.263 e. The van der Waals surface area contributed by atoms with Crippen LogP contribution in [0.3, 0.4) is 0 Å². The highest BCUT2D eigenvalue weighted by atomic mass is 32.1. The van der Waals surface area contributed by atoms with Gasteiger partial charge in [0.1, 0.15) is 22.9 Å². The molecule has 1 aliphatic heterocycles. The summed E-state index contributed by atoms with van der Waals surface area (Å²) in [4.78, 5) is 33.7. The van der Waals surface area contributed by atoms with Gasteiger partial charge in [0.25, 0.3) is 5.56 Å². The van der Waals surface area contributed by atoms with Crippen molar-refractivity contribution < 1.29 is 9.53 Å². The predicted octanol–water partition coefficient (Wildman–Crippen LogP) is 4.03. The first-order valence-electron chi connectivity index (χ1n) is 10.5. The summed E-state index contributed by atoms with van der Waals surface area (Å²) in [5, 5.41) is 2.51. The van der Waals surface area contributed by atoms with Crippen molar-refractivity contribution in [3.63, 3.8) is 0 Å². The fraction of sp³-hybridized carbons (Fsp3) is 0.240. The molecule has 1 amide bonds. The normalized spacial score (nSPS) is 13.2. The van der Waals surface area contributed by atoms with Gasteiger partial charge in [0, 0.05) is 24.0 Å². The van der Waals surface area contributed by atoms with Crippen molar-refractivity contribution >= 4 is 27.5 Å². The molecule has 0 fully saturated rings. The number of carbonyl (C=O) groups excluding carboxylic acids is 1. The molecule has 0 unspecified atom stereocenters. The Bertz CT molecular complexity index is 1370. The van der Waals surface area contributed by atoms with Crippen molar-refractivity contribution in [3.8, 4) is 16.9 Å². The zero-order chi connectivity index (χ0) is 22.2. The quantitative estimate of drug-likeness (QED) is 0.476. The van der Waals surface area contributed by atoms with Crippen molar-refractivity contribution in [2.45, 2.75) is 26.4 Å². The van der Waals surface area contributed by atoms with Gasteiger partial charge >= 0.3 is 0 Å². The molecule has 0 atom stereocenters. The summed E-state index contributed by atoms with van der Waals surface area (Å²) in [6.45, 7) is 3.02. The largest absolute Gasteiger partial charge is 0.497 e. The Morgan fingerprint density at radius 3 is 2.62 bits per heavy atom. The van der Waals surface area contributed by atoms with Crippen LogP contribution in [0.25, 0.3) is 21.3 Å². The molecule has 3 heterocycles. The lowest BCUT2D eigenvalue weighted by atomic mass is 10.00. The van der Waals surface area contributed by atoms with E-state index in [9.17, 15) is 9.59 Å². The van der Waals surface area contributed by atoms with Gasteiger partial charge in [-0.15, -0.1) is 11.3 Å². The summed E-state index contributed by atoms with van der Waals surface area (Å²) >= 11 is 1.44. The molecule has 162 valence electrons. The number of hydrogen-bond donors (Lipinski definition) is 0. The van der Waals surface area contributed by atoms with E-state index in [4.69, 9.17) is 4.74 Å². The number of benzene rings is 2. The summed E-state index contributed by atoms with van der Waals surface area (Å²) in [7, 11) is 1.62. The standard InChI is InChI=1S/C25H23N3O3S/c1-16-26-24-23(21(15-32-24)18-7-9-20(31-2)10-8-18)25(30)28(16)14-22(29)27-12-11-17-5-3-4-6-19(17)13-27/h3-10,15H,11-14H2,1-2H3. The van der Waals surface area contributed by atoms with Crippen LogP contribution >= 0.6 is 11.3 Å². The number of thiophene rings is 1. The third-order valence-electron chi connectivity index (χ3n) is 6.06. The Morgan fingerprint density at radius 1 is 1.12 bits per heavy atom. The van der Waals surface area contributed by atoms with Gasteiger partial charge < -0.3 is 9.64 Å². The van der Waals surface area contributed by atoms with Gasteiger partial charge in [-0.05, 0) is 42.2 Å². The number of rotatable bonds is 4.